The van der Waals surface area contributed by atoms with Crippen LogP contribution in [0.5, 0.6) is 0 Å². The lowest BCUT2D eigenvalue weighted by Crippen LogP contribution is -2.36. The van der Waals surface area contributed by atoms with Gasteiger partial charge in [0.2, 0.25) is 5.91 Å². The summed E-state index contributed by atoms with van der Waals surface area (Å²) in [6, 6.07) is 9.75. The van der Waals surface area contributed by atoms with Crippen molar-refractivity contribution in [2.45, 2.75) is 18.2 Å². The summed E-state index contributed by atoms with van der Waals surface area (Å²) >= 11 is 1.54. The van der Waals surface area contributed by atoms with Gasteiger partial charge in [-0.3, -0.25) is 4.79 Å². The molecule has 0 saturated carbocycles. The highest BCUT2D eigenvalue weighted by Gasteiger charge is 2.28. The normalized spacial score (nSPS) is 21.2. The molecule has 1 fully saturated rings. The number of hydrogen-bond donors (Lipinski definition) is 1. The maximum absolute atomic E-state index is 11.7. The van der Waals surface area contributed by atoms with Gasteiger partial charge in [-0.25, -0.2) is 8.42 Å². The van der Waals surface area contributed by atoms with Crippen LogP contribution in [0.1, 0.15) is 12.0 Å². The van der Waals surface area contributed by atoms with Crippen molar-refractivity contribution < 1.29 is 13.2 Å². The quantitative estimate of drug-likeness (QED) is 0.888. The Balaban J connectivity index is 1.68. The Morgan fingerprint density at radius 1 is 1.32 bits per heavy atom. The van der Waals surface area contributed by atoms with Crippen molar-refractivity contribution >= 4 is 27.5 Å². The van der Waals surface area contributed by atoms with E-state index in [-0.39, 0.29) is 23.5 Å². The molecule has 19 heavy (non-hydrogen) atoms. The van der Waals surface area contributed by atoms with Gasteiger partial charge in [0.1, 0.15) is 0 Å². The third-order valence-electron chi connectivity index (χ3n) is 2.94. The smallest absolute Gasteiger partial charge is 0.230 e. The number of sulfone groups is 1. The van der Waals surface area contributed by atoms with E-state index in [2.05, 4.69) is 5.32 Å². The lowest BCUT2D eigenvalue weighted by Gasteiger charge is -2.10. The topological polar surface area (TPSA) is 63.2 Å². The van der Waals surface area contributed by atoms with E-state index in [1.165, 1.54) is 17.3 Å². The van der Waals surface area contributed by atoms with Gasteiger partial charge in [0, 0.05) is 11.8 Å². The van der Waals surface area contributed by atoms with Crippen LogP contribution in [0.4, 0.5) is 0 Å². The highest BCUT2D eigenvalue weighted by atomic mass is 32.2. The molecule has 1 aliphatic rings. The van der Waals surface area contributed by atoms with Crippen molar-refractivity contribution in [3.63, 3.8) is 0 Å². The fourth-order valence-electron chi connectivity index (χ4n) is 2.01. The van der Waals surface area contributed by atoms with Gasteiger partial charge in [-0.2, -0.15) is 0 Å². The van der Waals surface area contributed by atoms with Gasteiger partial charge < -0.3 is 5.32 Å². The summed E-state index contributed by atoms with van der Waals surface area (Å²) in [5.41, 5.74) is 1.18. The van der Waals surface area contributed by atoms with Crippen LogP contribution in [0.2, 0.25) is 0 Å². The van der Waals surface area contributed by atoms with Gasteiger partial charge in [0.15, 0.2) is 9.84 Å². The minimum Gasteiger partial charge on any atom is -0.352 e. The molecule has 0 aromatic heterocycles. The van der Waals surface area contributed by atoms with Crippen LogP contribution in [0.3, 0.4) is 0 Å². The molecule has 1 heterocycles. The van der Waals surface area contributed by atoms with Crippen LogP contribution in [0, 0.1) is 0 Å². The molecule has 1 aromatic carbocycles. The summed E-state index contributed by atoms with van der Waals surface area (Å²) in [6.07, 6.45) is 0.539. The molecule has 0 spiro atoms. The van der Waals surface area contributed by atoms with Crippen molar-refractivity contribution in [2.75, 3.05) is 17.3 Å². The zero-order valence-electron chi connectivity index (χ0n) is 10.5. The van der Waals surface area contributed by atoms with Crippen molar-refractivity contribution in [1.29, 1.82) is 0 Å². The molecule has 1 aliphatic heterocycles. The maximum Gasteiger partial charge on any atom is 0.230 e. The predicted octanol–water partition coefficient (Wildman–Crippen LogP) is 1.22. The fourth-order valence-corrected chi connectivity index (χ4v) is 4.49. The lowest BCUT2D eigenvalue weighted by molar-refractivity contribution is -0.119. The highest BCUT2D eigenvalue weighted by Crippen LogP contribution is 2.13. The second-order valence-corrected chi connectivity index (χ2v) is 7.86. The Bertz CT molecular complexity index is 528. The zero-order chi connectivity index (χ0) is 13.7. The van der Waals surface area contributed by atoms with E-state index < -0.39 is 9.84 Å². The average Bonchev–Trinajstić information content (AvgIpc) is 2.70. The van der Waals surface area contributed by atoms with Crippen LogP contribution in [0.25, 0.3) is 0 Å². The summed E-state index contributed by atoms with van der Waals surface area (Å²) in [5, 5.41) is 2.78. The second-order valence-electron chi connectivity index (χ2n) is 4.65. The minimum atomic E-state index is -2.93. The number of carbonyl (C=O) groups is 1. The minimum absolute atomic E-state index is 0.0805. The molecule has 1 N–H and O–H groups in total. The van der Waals surface area contributed by atoms with E-state index >= 15 is 0 Å². The summed E-state index contributed by atoms with van der Waals surface area (Å²) < 4.78 is 22.5. The van der Waals surface area contributed by atoms with Crippen LogP contribution >= 0.6 is 11.8 Å². The fraction of sp³-hybridized carbons (Fsp3) is 0.462. The number of hydrogen-bond acceptors (Lipinski definition) is 4. The molecular formula is C13H17NO3S2. The molecule has 0 radical (unpaired) electrons. The van der Waals surface area contributed by atoms with E-state index in [9.17, 15) is 13.2 Å². The number of nitrogens with one attached hydrogen (secondary N) is 1. The number of benzene rings is 1. The predicted molar refractivity (Wildman–Crippen MR) is 77.8 cm³/mol. The first-order valence-corrected chi connectivity index (χ1v) is 9.14. The largest absolute Gasteiger partial charge is 0.352 e. The van der Waals surface area contributed by atoms with Crippen molar-refractivity contribution in [1.82, 2.24) is 5.32 Å². The van der Waals surface area contributed by atoms with Gasteiger partial charge in [0.05, 0.1) is 17.3 Å². The number of rotatable bonds is 5. The SMILES string of the molecule is O=C(CSCc1ccccc1)NC1CCS(=O)(=O)C1. The Labute approximate surface area is 117 Å². The van der Waals surface area contributed by atoms with Gasteiger partial charge in [-0.1, -0.05) is 30.3 Å². The molecular weight excluding hydrogens is 282 g/mol. The highest BCUT2D eigenvalue weighted by molar-refractivity contribution is 7.99. The third kappa shape index (κ3) is 4.87. The molecule has 104 valence electrons. The molecule has 1 saturated heterocycles. The third-order valence-corrected chi connectivity index (χ3v) is 5.71. The number of carbonyl (C=O) groups excluding carboxylic acids is 1. The Kier molecular flexibility index (Phi) is 4.87. The van der Waals surface area contributed by atoms with Gasteiger partial charge >= 0.3 is 0 Å². The van der Waals surface area contributed by atoms with E-state index in [1.807, 2.05) is 30.3 Å². The molecule has 6 heteroatoms. The zero-order valence-corrected chi connectivity index (χ0v) is 12.2. The first-order valence-electron chi connectivity index (χ1n) is 6.17. The van der Waals surface area contributed by atoms with Crippen molar-refractivity contribution in [3.05, 3.63) is 35.9 Å². The maximum atomic E-state index is 11.7. The molecule has 1 amide bonds. The summed E-state index contributed by atoms with van der Waals surface area (Å²) in [4.78, 5) is 11.7. The number of thioether (sulfide) groups is 1. The van der Waals surface area contributed by atoms with E-state index in [0.29, 0.717) is 12.2 Å². The summed E-state index contributed by atoms with van der Waals surface area (Å²) in [5.74, 6) is 1.35. The van der Waals surface area contributed by atoms with E-state index in [1.54, 1.807) is 0 Å². The molecule has 0 bridgehead atoms. The van der Waals surface area contributed by atoms with Crippen LogP contribution in [0.15, 0.2) is 30.3 Å². The summed E-state index contributed by atoms with van der Waals surface area (Å²) in [7, 11) is -2.93. The standard InChI is InChI=1S/C13H17NO3S2/c15-13(14-12-6-7-19(16,17)10-12)9-18-8-11-4-2-1-3-5-11/h1-5,12H,6-10H2,(H,14,15). The molecule has 4 nitrogen and oxygen atoms in total. The lowest BCUT2D eigenvalue weighted by atomic mass is 10.2. The Morgan fingerprint density at radius 3 is 2.68 bits per heavy atom. The van der Waals surface area contributed by atoms with Crippen LogP contribution in [-0.4, -0.2) is 37.6 Å². The molecule has 2 rings (SSSR count). The Morgan fingerprint density at radius 2 is 2.05 bits per heavy atom. The first-order chi connectivity index (χ1) is 9.05. The molecule has 0 aliphatic carbocycles. The van der Waals surface area contributed by atoms with Gasteiger partial charge in [-0.15, -0.1) is 11.8 Å². The average molecular weight is 299 g/mol. The van der Waals surface area contributed by atoms with Crippen molar-refractivity contribution in [2.24, 2.45) is 0 Å². The number of amides is 1. The summed E-state index contributed by atoms with van der Waals surface area (Å²) in [6.45, 7) is 0. The van der Waals surface area contributed by atoms with Gasteiger partial charge in [0.25, 0.3) is 0 Å². The van der Waals surface area contributed by atoms with Crippen molar-refractivity contribution in [3.8, 4) is 0 Å². The van der Waals surface area contributed by atoms with E-state index in [4.69, 9.17) is 0 Å². The van der Waals surface area contributed by atoms with Gasteiger partial charge in [-0.05, 0) is 12.0 Å². The van der Waals surface area contributed by atoms with Crippen LogP contribution < -0.4 is 5.32 Å². The molecule has 1 aromatic rings. The monoisotopic (exact) mass is 299 g/mol. The Hall–Kier alpha value is -1.01. The second kappa shape index (κ2) is 6.43. The van der Waals surface area contributed by atoms with Crippen LogP contribution in [-0.2, 0) is 20.4 Å². The molecule has 1 atom stereocenters. The molecule has 1 unspecified atom stereocenters. The van der Waals surface area contributed by atoms with E-state index in [0.717, 1.165) is 5.75 Å². The first kappa shape index (κ1) is 14.4.